The molecule has 0 aliphatic rings. The molecule has 1 atom stereocenters. The van der Waals surface area contributed by atoms with E-state index < -0.39 is 0 Å². The fraction of sp³-hybridized carbons (Fsp3) is 0.200. The summed E-state index contributed by atoms with van der Waals surface area (Å²) in [5.41, 5.74) is 1.74. The number of aromatic amines is 1. The maximum absolute atomic E-state index is 12.6. The van der Waals surface area contributed by atoms with Crippen molar-refractivity contribution in [3.05, 3.63) is 48.4 Å². The molecule has 0 bridgehead atoms. The first-order valence-electron chi connectivity index (χ1n) is 6.41. The van der Waals surface area contributed by atoms with Crippen molar-refractivity contribution in [2.75, 3.05) is 0 Å². The molecule has 0 amide bonds. The molecule has 0 unspecified atom stereocenters. The fourth-order valence-corrected chi connectivity index (χ4v) is 3.07. The van der Waals surface area contributed by atoms with Crippen LogP contribution in [-0.4, -0.2) is 25.6 Å². The number of aromatic nitrogens is 3. The molecular weight excluding hydrogens is 270 g/mol. The summed E-state index contributed by atoms with van der Waals surface area (Å²) in [5, 5.41) is 1.66. The van der Waals surface area contributed by atoms with E-state index in [1.54, 1.807) is 12.4 Å². The van der Waals surface area contributed by atoms with Gasteiger partial charge < -0.3 is 9.55 Å². The van der Waals surface area contributed by atoms with Crippen LogP contribution in [0.15, 0.2) is 48.0 Å². The van der Waals surface area contributed by atoms with Gasteiger partial charge in [-0.25, -0.2) is 4.98 Å². The van der Waals surface area contributed by atoms with Gasteiger partial charge in [0.2, 0.25) is 0 Å². The number of benzene rings is 1. The van der Waals surface area contributed by atoms with Gasteiger partial charge in [-0.15, -0.1) is 0 Å². The summed E-state index contributed by atoms with van der Waals surface area (Å²) in [7, 11) is 1.93. The van der Waals surface area contributed by atoms with Gasteiger partial charge in [0.05, 0.1) is 5.25 Å². The summed E-state index contributed by atoms with van der Waals surface area (Å²) in [6.45, 7) is 1.92. The van der Waals surface area contributed by atoms with Gasteiger partial charge in [-0.3, -0.25) is 4.79 Å². The van der Waals surface area contributed by atoms with Gasteiger partial charge in [0.25, 0.3) is 0 Å². The number of hydrogen-bond acceptors (Lipinski definition) is 3. The maximum Gasteiger partial charge on any atom is 0.178 e. The molecule has 0 aliphatic heterocycles. The zero-order valence-electron chi connectivity index (χ0n) is 11.3. The first kappa shape index (κ1) is 13.0. The molecular formula is C15H15N3OS. The number of H-pyrrole nitrogens is 1. The first-order chi connectivity index (χ1) is 9.66. The van der Waals surface area contributed by atoms with Gasteiger partial charge in [0.1, 0.15) is 0 Å². The van der Waals surface area contributed by atoms with Gasteiger partial charge >= 0.3 is 0 Å². The lowest BCUT2D eigenvalue weighted by Crippen LogP contribution is -2.14. The van der Waals surface area contributed by atoms with Crippen molar-refractivity contribution in [2.45, 2.75) is 17.3 Å². The molecule has 1 N–H and O–H groups in total. The van der Waals surface area contributed by atoms with Crippen molar-refractivity contribution in [1.82, 2.24) is 14.5 Å². The SMILES string of the molecule is C[C@H](Sc1nccn1C)C(=O)c1c[nH]c2ccccc12. The Bertz CT molecular complexity index is 759. The Balaban J connectivity index is 1.87. The van der Waals surface area contributed by atoms with Crippen LogP contribution >= 0.6 is 11.8 Å². The van der Waals surface area contributed by atoms with E-state index in [2.05, 4.69) is 9.97 Å². The molecule has 20 heavy (non-hydrogen) atoms. The van der Waals surface area contributed by atoms with Crippen LogP contribution in [0.25, 0.3) is 10.9 Å². The summed E-state index contributed by atoms with van der Waals surface area (Å²) in [4.78, 5) is 20.0. The second kappa shape index (κ2) is 5.17. The van der Waals surface area contributed by atoms with Crippen LogP contribution in [0.1, 0.15) is 17.3 Å². The van der Waals surface area contributed by atoms with E-state index in [0.29, 0.717) is 0 Å². The highest BCUT2D eigenvalue weighted by atomic mass is 32.2. The molecule has 0 aliphatic carbocycles. The molecule has 0 saturated carbocycles. The first-order valence-corrected chi connectivity index (χ1v) is 7.29. The predicted octanol–water partition coefficient (Wildman–Crippen LogP) is 3.26. The summed E-state index contributed by atoms with van der Waals surface area (Å²) in [5.74, 6) is 0.121. The third kappa shape index (κ3) is 2.25. The van der Waals surface area contributed by atoms with Crippen molar-refractivity contribution in [1.29, 1.82) is 0 Å². The number of hydrogen-bond donors (Lipinski definition) is 1. The van der Waals surface area contributed by atoms with Gasteiger partial charge in [0, 0.05) is 42.1 Å². The van der Waals surface area contributed by atoms with Crippen LogP contribution in [0, 0.1) is 0 Å². The standard InChI is InChI=1S/C15H15N3OS/c1-10(20-15-16-7-8-18(15)2)14(19)12-9-17-13-6-4-3-5-11(12)13/h3-10,17H,1-2H3/t10-/m0/s1. The van der Waals surface area contributed by atoms with Crippen LogP contribution in [0.2, 0.25) is 0 Å². The van der Waals surface area contributed by atoms with Gasteiger partial charge in [-0.05, 0) is 13.0 Å². The molecule has 5 heteroatoms. The Morgan fingerprint density at radius 3 is 2.95 bits per heavy atom. The van der Waals surface area contributed by atoms with Crippen molar-refractivity contribution in [3.8, 4) is 0 Å². The molecule has 2 heterocycles. The molecule has 0 fully saturated rings. The molecule has 0 saturated heterocycles. The summed E-state index contributed by atoms with van der Waals surface area (Å²) in [6.07, 6.45) is 5.42. The summed E-state index contributed by atoms with van der Waals surface area (Å²) in [6, 6.07) is 7.85. The normalized spacial score (nSPS) is 12.7. The second-order valence-electron chi connectivity index (χ2n) is 4.69. The fourth-order valence-electron chi connectivity index (χ4n) is 2.17. The number of thioether (sulfide) groups is 1. The third-order valence-electron chi connectivity index (χ3n) is 3.28. The van der Waals surface area contributed by atoms with Crippen molar-refractivity contribution in [3.63, 3.8) is 0 Å². The molecule has 102 valence electrons. The monoisotopic (exact) mass is 285 g/mol. The van der Waals surface area contributed by atoms with E-state index in [9.17, 15) is 4.79 Å². The number of ketones is 1. The average Bonchev–Trinajstić information content (AvgIpc) is 3.05. The molecule has 0 spiro atoms. The van der Waals surface area contributed by atoms with E-state index in [1.807, 2.05) is 49.0 Å². The maximum atomic E-state index is 12.6. The number of nitrogens with zero attached hydrogens (tertiary/aromatic N) is 2. The molecule has 2 aromatic heterocycles. The number of para-hydroxylation sites is 1. The van der Waals surface area contributed by atoms with Gasteiger partial charge in [-0.1, -0.05) is 30.0 Å². The minimum absolute atomic E-state index is 0.121. The number of imidazole rings is 1. The van der Waals surface area contributed by atoms with E-state index in [1.165, 1.54) is 11.8 Å². The highest BCUT2D eigenvalue weighted by Gasteiger charge is 2.20. The number of carbonyl (C=O) groups excluding carboxylic acids is 1. The number of nitrogens with one attached hydrogen (secondary N) is 1. The minimum atomic E-state index is -0.171. The van der Waals surface area contributed by atoms with Crippen molar-refractivity contribution in [2.24, 2.45) is 7.05 Å². The lowest BCUT2D eigenvalue weighted by molar-refractivity contribution is 0.0995. The van der Waals surface area contributed by atoms with Crippen LogP contribution in [0.5, 0.6) is 0 Å². The zero-order valence-corrected chi connectivity index (χ0v) is 12.1. The Hall–Kier alpha value is -2.01. The zero-order chi connectivity index (χ0) is 14.1. The van der Waals surface area contributed by atoms with Crippen LogP contribution in [-0.2, 0) is 7.05 Å². The van der Waals surface area contributed by atoms with Crippen LogP contribution < -0.4 is 0 Å². The van der Waals surface area contributed by atoms with Crippen molar-refractivity contribution < 1.29 is 4.79 Å². The molecule has 4 nitrogen and oxygen atoms in total. The van der Waals surface area contributed by atoms with E-state index >= 15 is 0 Å². The van der Waals surface area contributed by atoms with Crippen LogP contribution in [0.4, 0.5) is 0 Å². The average molecular weight is 285 g/mol. The Labute approximate surface area is 121 Å². The molecule has 3 rings (SSSR count). The van der Waals surface area contributed by atoms with E-state index in [0.717, 1.165) is 21.6 Å². The molecule has 0 radical (unpaired) electrons. The van der Waals surface area contributed by atoms with Crippen molar-refractivity contribution >= 4 is 28.4 Å². The quantitative estimate of drug-likeness (QED) is 0.591. The summed E-state index contributed by atoms with van der Waals surface area (Å²) < 4.78 is 1.92. The van der Waals surface area contributed by atoms with Crippen LogP contribution in [0.3, 0.4) is 0 Å². The largest absolute Gasteiger partial charge is 0.360 e. The topological polar surface area (TPSA) is 50.7 Å². The van der Waals surface area contributed by atoms with E-state index in [-0.39, 0.29) is 11.0 Å². The Kier molecular flexibility index (Phi) is 3.36. The second-order valence-corrected chi connectivity index (χ2v) is 6.00. The number of rotatable bonds is 4. The third-order valence-corrected chi connectivity index (χ3v) is 4.45. The number of carbonyl (C=O) groups is 1. The minimum Gasteiger partial charge on any atom is -0.360 e. The Morgan fingerprint density at radius 1 is 1.40 bits per heavy atom. The number of Topliss-reactive ketones (excluding diaryl/α,β-unsaturated/α-hetero) is 1. The van der Waals surface area contributed by atoms with E-state index in [4.69, 9.17) is 0 Å². The number of fused-ring (bicyclic) bond motifs is 1. The molecule has 3 aromatic rings. The summed E-state index contributed by atoms with van der Waals surface area (Å²) >= 11 is 1.48. The lowest BCUT2D eigenvalue weighted by Gasteiger charge is -2.09. The highest BCUT2D eigenvalue weighted by molar-refractivity contribution is 8.00. The smallest absolute Gasteiger partial charge is 0.178 e. The lowest BCUT2D eigenvalue weighted by atomic mass is 10.1. The Morgan fingerprint density at radius 2 is 2.20 bits per heavy atom. The number of aryl methyl sites for hydroxylation is 1. The highest BCUT2D eigenvalue weighted by Crippen LogP contribution is 2.26. The molecule has 1 aromatic carbocycles. The predicted molar refractivity (Wildman–Crippen MR) is 81.2 cm³/mol. The van der Waals surface area contributed by atoms with Gasteiger partial charge in [0.15, 0.2) is 10.9 Å². The van der Waals surface area contributed by atoms with Gasteiger partial charge in [-0.2, -0.15) is 0 Å².